The lowest BCUT2D eigenvalue weighted by Crippen LogP contribution is -2.14. The molecule has 0 saturated heterocycles. The van der Waals surface area contributed by atoms with Crippen LogP contribution in [0.5, 0.6) is 0 Å². The quantitative estimate of drug-likeness (QED) is 0.681. The predicted molar refractivity (Wildman–Crippen MR) is 49.0 cm³/mol. The summed E-state index contributed by atoms with van der Waals surface area (Å²) in [6, 6.07) is 4.75. The molecule has 3 heteroatoms. The molecule has 3 N–H and O–H groups in total. The number of nitrogens with one attached hydrogen (secondary N) is 1. The molecule has 12 heavy (non-hydrogen) atoms. The minimum atomic E-state index is 0.325. The van der Waals surface area contributed by atoms with Crippen LogP contribution in [0, 0.1) is 6.92 Å². The Balaban J connectivity index is 2.08. The van der Waals surface area contributed by atoms with Crippen molar-refractivity contribution in [3.63, 3.8) is 0 Å². The van der Waals surface area contributed by atoms with Crippen molar-refractivity contribution >= 4 is 5.82 Å². The van der Waals surface area contributed by atoms with Crippen LogP contribution < -0.4 is 11.1 Å². The third-order valence-corrected chi connectivity index (χ3v) is 2.17. The largest absolute Gasteiger partial charge is 0.366 e. The normalized spacial score (nSPS) is 26.8. The van der Waals surface area contributed by atoms with Gasteiger partial charge in [0, 0.05) is 18.3 Å². The summed E-state index contributed by atoms with van der Waals surface area (Å²) in [5, 5.41) is 3.30. The molecule has 64 valence electrons. The Kier molecular flexibility index (Phi) is 1.73. The lowest BCUT2D eigenvalue weighted by Gasteiger charge is -2.05. The zero-order valence-electron chi connectivity index (χ0n) is 7.12. The Morgan fingerprint density at radius 2 is 2.42 bits per heavy atom. The first-order valence-corrected chi connectivity index (χ1v) is 4.21. The maximum absolute atomic E-state index is 5.67. The Labute approximate surface area is 72.0 Å². The van der Waals surface area contributed by atoms with Gasteiger partial charge in [-0.2, -0.15) is 0 Å². The van der Waals surface area contributed by atoms with Gasteiger partial charge in [0.05, 0.1) is 0 Å². The topological polar surface area (TPSA) is 50.9 Å². The summed E-state index contributed by atoms with van der Waals surface area (Å²) >= 11 is 0. The van der Waals surface area contributed by atoms with E-state index in [1.54, 1.807) is 6.20 Å². The van der Waals surface area contributed by atoms with Crippen LogP contribution in [0.4, 0.5) is 5.82 Å². The van der Waals surface area contributed by atoms with E-state index in [1.807, 2.05) is 19.1 Å². The Hall–Kier alpha value is -1.09. The van der Waals surface area contributed by atoms with E-state index in [2.05, 4.69) is 10.3 Å². The zero-order valence-corrected chi connectivity index (χ0v) is 7.12. The van der Waals surface area contributed by atoms with E-state index in [0.717, 1.165) is 12.2 Å². The molecular weight excluding hydrogens is 150 g/mol. The van der Waals surface area contributed by atoms with Crippen LogP contribution in [0.1, 0.15) is 12.0 Å². The van der Waals surface area contributed by atoms with E-state index >= 15 is 0 Å². The van der Waals surface area contributed by atoms with Gasteiger partial charge >= 0.3 is 0 Å². The SMILES string of the molecule is Cc1cccnc1NC1CC1N. The fraction of sp³-hybridized carbons (Fsp3) is 0.444. The monoisotopic (exact) mass is 163 g/mol. The summed E-state index contributed by atoms with van der Waals surface area (Å²) in [5.74, 6) is 0.968. The first kappa shape index (κ1) is 7.55. The molecule has 3 nitrogen and oxygen atoms in total. The number of nitrogens with two attached hydrogens (primary N) is 1. The van der Waals surface area contributed by atoms with Crippen LogP contribution in [0.15, 0.2) is 18.3 Å². The molecule has 2 unspecified atom stereocenters. The van der Waals surface area contributed by atoms with E-state index in [0.29, 0.717) is 12.1 Å². The van der Waals surface area contributed by atoms with Gasteiger partial charge in [-0.3, -0.25) is 0 Å². The predicted octanol–water partition coefficient (Wildman–Crippen LogP) is 0.902. The van der Waals surface area contributed by atoms with Gasteiger partial charge in [0.25, 0.3) is 0 Å². The molecule has 1 fully saturated rings. The van der Waals surface area contributed by atoms with Crippen molar-refractivity contribution in [2.24, 2.45) is 5.73 Å². The van der Waals surface area contributed by atoms with Crippen molar-refractivity contribution in [3.05, 3.63) is 23.9 Å². The van der Waals surface area contributed by atoms with E-state index in [9.17, 15) is 0 Å². The Morgan fingerprint density at radius 3 is 3.00 bits per heavy atom. The Morgan fingerprint density at radius 1 is 1.67 bits per heavy atom. The highest BCUT2D eigenvalue weighted by Crippen LogP contribution is 2.23. The first-order valence-electron chi connectivity index (χ1n) is 4.21. The molecule has 0 bridgehead atoms. The van der Waals surface area contributed by atoms with Gasteiger partial charge in [0.1, 0.15) is 5.82 Å². The summed E-state index contributed by atoms with van der Waals surface area (Å²) in [5.41, 5.74) is 6.85. The van der Waals surface area contributed by atoms with E-state index < -0.39 is 0 Å². The molecule has 2 rings (SSSR count). The van der Waals surface area contributed by atoms with Crippen LogP contribution in [-0.4, -0.2) is 17.1 Å². The van der Waals surface area contributed by atoms with Crippen LogP contribution in [0.25, 0.3) is 0 Å². The number of hydrogen-bond acceptors (Lipinski definition) is 3. The second kappa shape index (κ2) is 2.75. The summed E-state index contributed by atoms with van der Waals surface area (Å²) in [4.78, 5) is 4.23. The molecule has 1 saturated carbocycles. The number of anilines is 1. The number of rotatable bonds is 2. The molecule has 1 aromatic rings. The minimum Gasteiger partial charge on any atom is -0.366 e. The average molecular weight is 163 g/mol. The minimum absolute atomic E-state index is 0.325. The van der Waals surface area contributed by atoms with Crippen LogP contribution in [0.2, 0.25) is 0 Å². The number of aryl methyl sites for hydroxylation is 1. The van der Waals surface area contributed by atoms with Crippen LogP contribution >= 0.6 is 0 Å². The molecule has 2 atom stereocenters. The summed E-state index contributed by atoms with van der Waals surface area (Å²) in [6.45, 7) is 2.04. The molecule has 0 aliphatic heterocycles. The number of nitrogens with zero attached hydrogens (tertiary/aromatic N) is 1. The molecule has 0 aromatic carbocycles. The molecular formula is C9H13N3. The van der Waals surface area contributed by atoms with Gasteiger partial charge in [-0.1, -0.05) is 6.07 Å². The van der Waals surface area contributed by atoms with Crippen molar-refractivity contribution in [1.82, 2.24) is 4.98 Å². The zero-order chi connectivity index (χ0) is 8.55. The van der Waals surface area contributed by atoms with E-state index in [-0.39, 0.29) is 0 Å². The molecule has 1 heterocycles. The molecule has 0 amide bonds. The van der Waals surface area contributed by atoms with E-state index in [4.69, 9.17) is 5.73 Å². The smallest absolute Gasteiger partial charge is 0.129 e. The fourth-order valence-electron chi connectivity index (χ4n) is 1.19. The molecule has 1 aromatic heterocycles. The third kappa shape index (κ3) is 1.41. The van der Waals surface area contributed by atoms with Gasteiger partial charge in [-0.25, -0.2) is 4.98 Å². The van der Waals surface area contributed by atoms with Gasteiger partial charge in [0.15, 0.2) is 0 Å². The van der Waals surface area contributed by atoms with Crippen molar-refractivity contribution < 1.29 is 0 Å². The highest BCUT2D eigenvalue weighted by molar-refractivity contribution is 5.45. The van der Waals surface area contributed by atoms with Crippen molar-refractivity contribution in [3.8, 4) is 0 Å². The molecule has 0 radical (unpaired) electrons. The van der Waals surface area contributed by atoms with Crippen molar-refractivity contribution in [2.75, 3.05) is 5.32 Å². The first-order chi connectivity index (χ1) is 5.77. The second-order valence-corrected chi connectivity index (χ2v) is 3.32. The van der Waals surface area contributed by atoms with Crippen molar-refractivity contribution in [2.45, 2.75) is 25.4 Å². The number of aromatic nitrogens is 1. The maximum Gasteiger partial charge on any atom is 0.129 e. The molecule has 1 aliphatic rings. The second-order valence-electron chi connectivity index (χ2n) is 3.32. The fourth-order valence-corrected chi connectivity index (χ4v) is 1.19. The average Bonchev–Trinajstić information content (AvgIpc) is 2.72. The maximum atomic E-state index is 5.67. The molecule has 0 spiro atoms. The van der Waals surface area contributed by atoms with Gasteiger partial charge in [-0.05, 0) is 25.0 Å². The Bertz CT molecular complexity index is 285. The number of hydrogen-bond donors (Lipinski definition) is 2. The number of pyridine rings is 1. The van der Waals surface area contributed by atoms with Crippen LogP contribution in [0.3, 0.4) is 0 Å². The standard InChI is InChI=1S/C9H13N3/c1-6-3-2-4-11-9(6)12-8-5-7(8)10/h2-4,7-8H,5,10H2,1H3,(H,11,12). The highest BCUT2D eigenvalue weighted by Gasteiger charge is 2.33. The highest BCUT2D eigenvalue weighted by atomic mass is 15.1. The van der Waals surface area contributed by atoms with Gasteiger partial charge in [-0.15, -0.1) is 0 Å². The lowest BCUT2D eigenvalue weighted by molar-refractivity contribution is 0.992. The van der Waals surface area contributed by atoms with Gasteiger partial charge in [0.2, 0.25) is 0 Å². The lowest BCUT2D eigenvalue weighted by atomic mass is 10.3. The van der Waals surface area contributed by atoms with Crippen LogP contribution in [-0.2, 0) is 0 Å². The third-order valence-electron chi connectivity index (χ3n) is 2.17. The summed E-state index contributed by atoms with van der Waals surface area (Å²) in [7, 11) is 0. The summed E-state index contributed by atoms with van der Waals surface area (Å²) < 4.78 is 0. The summed E-state index contributed by atoms with van der Waals surface area (Å²) in [6.07, 6.45) is 2.86. The van der Waals surface area contributed by atoms with E-state index in [1.165, 1.54) is 5.56 Å². The van der Waals surface area contributed by atoms with Gasteiger partial charge < -0.3 is 11.1 Å². The van der Waals surface area contributed by atoms with Crippen molar-refractivity contribution in [1.29, 1.82) is 0 Å². The molecule has 1 aliphatic carbocycles.